The number of nitrogens with one attached hydrogen (secondary N) is 1. The van der Waals surface area contributed by atoms with E-state index < -0.39 is 0 Å². The van der Waals surface area contributed by atoms with E-state index in [0.29, 0.717) is 5.69 Å². The van der Waals surface area contributed by atoms with Gasteiger partial charge in [-0.15, -0.1) is 0 Å². The largest absolute Gasteiger partial charge is 0.382 e. The Hall–Kier alpha value is -2.36. The van der Waals surface area contributed by atoms with E-state index in [9.17, 15) is 0 Å². The molecule has 0 aliphatic carbocycles. The van der Waals surface area contributed by atoms with E-state index in [4.69, 9.17) is 11.1 Å². The lowest BCUT2D eigenvalue weighted by molar-refractivity contribution is 0.779. The highest BCUT2D eigenvalue weighted by atomic mass is 15.2. The van der Waals surface area contributed by atoms with Gasteiger partial charge in [-0.25, -0.2) is 4.98 Å². The second kappa shape index (κ2) is 6.70. The molecule has 0 aliphatic rings. The SMILES string of the molecule is CCCCN(c1ccccc1)c1cccc(C(=N)N)n1. The van der Waals surface area contributed by atoms with Crippen molar-refractivity contribution < 1.29 is 0 Å². The van der Waals surface area contributed by atoms with Crippen LogP contribution in [0, 0.1) is 5.41 Å². The summed E-state index contributed by atoms with van der Waals surface area (Å²) >= 11 is 0. The number of hydrogen-bond acceptors (Lipinski definition) is 3. The first kappa shape index (κ1) is 14.1. The second-order valence-electron chi connectivity index (χ2n) is 4.64. The Kier molecular flexibility index (Phi) is 4.71. The molecule has 1 heterocycles. The lowest BCUT2D eigenvalue weighted by atomic mass is 10.2. The number of para-hydroxylation sites is 1. The Bertz CT molecular complexity index is 566. The van der Waals surface area contributed by atoms with Crippen LogP contribution in [-0.2, 0) is 0 Å². The lowest BCUT2D eigenvalue weighted by Crippen LogP contribution is -2.21. The van der Waals surface area contributed by atoms with Gasteiger partial charge in [0.05, 0.1) is 0 Å². The minimum absolute atomic E-state index is 0.00430. The first-order valence-electron chi connectivity index (χ1n) is 6.86. The average Bonchev–Trinajstić information content (AvgIpc) is 2.49. The van der Waals surface area contributed by atoms with Crippen LogP contribution in [0.1, 0.15) is 25.5 Å². The minimum atomic E-state index is -0.00430. The highest BCUT2D eigenvalue weighted by Crippen LogP contribution is 2.23. The molecule has 4 heteroatoms. The highest BCUT2D eigenvalue weighted by molar-refractivity contribution is 5.93. The van der Waals surface area contributed by atoms with Crippen LogP contribution in [0.4, 0.5) is 11.5 Å². The van der Waals surface area contributed by atoms with Crippen LogP contribution in [0.2, 0.25) is 0 Å². The number of amidine groups is 1. The first-order valence-corrected chi connectivity index (χ1v) is 6.86. The monoisotopic (exact) mass is 268 g/mol. The molecular weight excluding hydrogens is 248 g/mol. The van der Waals surface area contributed by atoms with Crippen LogP contribution in [0.15, 0.2) is 48.5 Å². The summed E-state index contributed by atoms with van der Waals surface area (Å²) in [6, 6.07) is 15.8. The molecule has 3 N–H and O–H groups in total. The summed E-state index contributed by atoms with van der Waals surface area (Å²) in [5.41, 5.74) is 7.14. The van der Waals surface area contributed by atoms with Crippen molar-refractivity contribution in [2.45, 2.75) is 19.8 Å². The van der Waals surface area contributed by atoms with Crippen LogP contribution >= 0.6 is 0 Å². The summed E-state index contributed by atoms with van der Waals surface area (Å²) in [5.74, 6) is 0.827. The predicted octanol–water partition coefficient (Wildman–Crippen LogP) is 3.30. The number of hydrogen-bond donors (Lipinski definition) is 2. The topological polar surface area (TPSA) is 66.0 Å². The van der Waals surface area contributed by atoms with Gasteiger partial charge in [0.25, 0.3) is 0 Å². The zero-order valence-corrected chi connectivity index (χ0v) is 11.7. The molecule has 2 rings (SSSR count). The molecule has 0 spiro atoms. The number of nitrogens with zero attached hydrogens (tertiary/aromatic N) is 2. The van der Waals surface area contributed by atoms with Crippen molar-refractivity contribution in [3.63, 3.8) is 0 Å². The number of rotatable bonds is 6. The molecule has 0 bridgehead atoms. The van der Waals surface area contributed by atoms with Crippen molar-refractivity contribution in [2.75, 3.05) is 11.4 Å². The van der Waals surface area contributed by atoms with E-state index >= 15 is 0 Å². The molecule has 0 saturated carbocycles. The van der Waals surface area contributed by atoms with Crippen LogP contribution in [0.25, 0.3) is 0 Å². The molecule has 0 aliphatic heterocycles. The van der Waals surface area contributed by atoms with Gasteiger partial charge < -0.3 is 10.6 Å². The van der Waals surface area contributed by atoms with Gasteiger partial charge in [0.15, 0.2) is 0 Å². The first-order chi connectivity index (χ1) is 9.72. The molecule has 20 heavy (non-hydrogen) atoms. The van der Waals surface area contributed by atoms with Gasteiger partial charge in [0.1, 0.15) is 17.3 Å². The molecule has 0 atom stereocenters. The Morgan fingerprint density at radius 2 is 1.90 bits per heavy atom. The normalized spacial score (nSPS) is 10.2. The summed E-state index contributed by atoms with van der Waals surface area (Å²) in [6.07, 6.45) is 2.20. The molecule has 0 radical (unpaired) electrons. The molecule has 1 aromatic heterocycles. The van der Waals surface area contributed by atoms with Crippen molar-refractivity contribution in [3.8, 4) is 0 Å². The Morgan fingerprint density at radius 1 is 1.15 bits per heavy atom. The van der Waals surface area contributed by atoms with Gasteiger partial charge in [0, 0.05) is 12.2 Å². The van der Waals surface area contributed by atoms with Gasteiger partial charge in [0.2, 0.25) is 0 Å². The molecule has 1 aromatic carbocycles. The van der Waals surface area contributed by atoms with Crippen molar-refractivity contribution in [1.82, 2.24) is 4.98 Å². The van der Waals surface area contributed by atoms with Crippen LogP contribution < -0.4 is 10.6 Å². The smallest absolute Gasteiger partial charge is 0.141 e. The third-order valence-electron chi connectivity index (χ3n) is 3.09. The summed E-state index contributed by atoms with van der Waals surface area (Å²) < 4.78 is 0. The molecule has 0 unspecified atom stereocenters. The summed E-state index contributed by atoms with van der Waals surface area (Å²) in [4.78, 5) is 6.64. The van der Waals surface area contributed by atoms with Crippen LogP contribution in [0.5, 0.6) is 0 Å². The lowest BCUT2D eigenvalue weighted by Gasteiger charge is -2.24. The van der Waals surface area contributed by atoms with Gasteiger partial charge >= 0.3 is 0 Å². The van der Waals surface area contributed by atoms with Gasteiger partial charge in [-0.2, -0.15) is 0 Å². The van der Waals surface area contributed by atoms with Crippen molar-refractivity contribution in [2.24, 2.45) is 5.73 Å². The fraction of sp³-hybridized carbons (Fsp3) is 0.250. The average molecular weight is 268 g/mol. The van der Waals surface area contributed by atoms with Gasteiger partial charge in [-0.3, -0.25) is 5.41 Å². The molecule has 104 valence electrons. The van der Waals surface area contributed by atoms with E-state index in [1.165, 1.54) is 0 Å². The van der Waals surface area contributed by atoms with E-state index in [2.05, 4.69) is 28.9 Å². The zero-order chi connectivity index (χ0) is 14.4. The van der Waals surface area contributed by atoms with Crippen molar-refractivity contribution >= 4 is 17.3 Å². The second-order valence-corrected chi connectivity index (χ2v) is 4.64. The predicted molar refractivity (Wildman–Crippen MR) is 83.6 cm³/mol. The number of benzene rings is 1. The molecule has 0 saturated heterocycles. The number of nitrogen functional groups attached to an aromatic ring is 1. The number of unbranched alkanes of at least 4 members (excludes halogenated alkanes) is 1. The highest BCUT2D eigenvalue weighted by Gasteiger charge is 2.11. The van der Waals surface area contributed by atoms with E-state index in [-0.39, 0.29) is 5.84 Å². The Morgan fingerprint density at radius 3 is 2.55 bits per heavy atom. The molecule has 4 nitrogen and oxygen atoms in total. The maximum absolute atomic E-state index is 7.51. The van der Waals surface area contributed by atoms with E-state index in [0.717, 1.165) is 30.9 Å². The van der Waals surface area contributed by atoms with Crippen LogP contribution in [0.3, 0.4) is 0 Å². The summed E-state index contributed by atoms with van der Waals surface area (Å²) in [6.45, 7) is 3.07. The Balaban J connectivity index is 2.36. The Labute approximate surface area is 119 Å². The number of pyridine rings is 1. The van der Waals surface area contributed by atoms with E-state index in [1.807, 2.05) is 30.3 Å². The standard InChI is InChI=1S/C16H20N4/c1-2-3-12-20(13-8-5-4-6-9-13)15-11-7-10-14(19-15)16(17)18/h4-11H,2-3,12H2,1H3,(H3,17,18). The fourth-order valence-corrected chi connectivity index (χ4v) is 2.02. The number of anilines is 2. The quantitative estimate of drug-likeness (QED) is 0.624. The zero-order valence-electron chi connectivity index (χ0n) is 11.7. The molecule has 0 amide bonds. The minimum Gasteiger partial charge on any atom is -0.382 e. The van der Waals surface area contributed by atoms with Crippen molar-refractivity contribution in [3.05, 3.63) is 54.2 Å². The summed E-state index contributed by atoms with van der Waals surface area (Å²) in [5, 5.41) is 7.51. The summed E-state index contributed by atoms with van der Waals surface area (Å²) in [7, 11) is 0. The maximum atomic E-state index is 7.51. The fourth-order valence-electron chi connectivity index (χ4n) is 2.02. The number of nitrogens with two attached hydrogens (primary N) is 1. The third-order valence-corrected chi connectivity index (χ3v) is 3.09. The molecular formula is C16H20N4. The molecule has 0 fully saturated rings. The number of aromatic nitrogens is 1. The van der Waals surface area contributed by atoms with Gasteiger partial charge in [-0.05, 0) is 30.7 Å². The van der Waals surface area contributed by atoms with Crippen LogP contribution in [-0.4, -0.2) is 17.4 Å². The molecule has 2 aromatic rings. The van der Waals surface area contributed by atoms with E-state index in [1.54, 1.807) is 6.07 Å². The van der Waals surface area contributed by atoms with Crippen molar-refractivity contribution in [1.29, 1.82) is 5.41 Å². The third kappa shape index (κ3) is 3.35. The maximum Gasteiger partial charge on any atom is 0.141 e. The van der Waals surface area contributed by atoms with Gasteiger partial charge in [-0.1, -0.05) is 37.6 Å².